The number of hydrogen-bond acceptors (Lipinski definition) is 4. The Hall–Kier alpha value is -0.450. The van der Waals surface area contributed by atoms with E-state index in [1.165, 1.54) is 0 Å². The molecule has 0 aliphatic heterocycles. The Kier molecular flexibility index (Phi) is 4.35. The first kappa shape index (κ1) is 10.6. The summed E-state index contributed by atoms with van der Waals surface area (Å²) in [4.78, 5) is 6.38. The third-order valence-corrected chi connectivity index (χ3v) is 2.49. The third kappa shape index (κ3) is 3.85. The Morgan fingerprint density at radius 2 is 2.46 bits per heavy atom. The first-order chi connectivity index (χ1) is 6.22. The topological polar surface area (TPSA) is 36.4 Å². The average molecular weight is 200 g/mol. The van der Waals surface area contributed by atoms with Crippen LogP contribution in [0.5, 0.6) is 0 Å². The SMILES string of the molecule is CC(CO)CN(C)Cc1cscn1. The molecule has 1 atom stereocenters. The Labute approximate surface area is 83.0 Å². The lowest BCUT2D eigenvalue weighted by atomic mass is 10.2. The van der Waals surface area contributed by atoms with E-state index in [2.05, 4.69) is 15.3 Å². The molecule has 0 spiro atoms. The van der Waals surface area contributed by atoms with Gasteiger partial charge in [0.15, 0.2) is 0 Å². The molecule has 1 unspecified atom stereocenters. The van der Waals surface area contributed by atoms with Crippen LogP contribution in [0.4, 0.5) is 0 Å². The van der Waals surface area contributed by atoms with Gasteiger partial charge < -0.3 is 10.0 Å². The molecule has 0 amide bonds. The monoisotopic (exact) mass is 200 g/mol. The molecule has 0 saturated carbocycles. The van der Waals surface area contributed by atoms with Gasteiger partial charge in [0.05, 0.1) is 11.2 Å². The minimum atomic E-state index is 0.251. The maximum absolute atomic E-state index is 8.87. The van der Waals surface area contributed by atoms with Gasteiger partial charge in [-0.2, -0.15) is 0 Å². The number of nitrogens with zero attached hydrogens (tertiary/aromatic N) is 2. The molecule has 1 aromatic heterocycles. The highest BCUT2D eigenvalue weighted by Gasteiger charge is 2.06. The van der Waals surface area contributed by atoms with Crippen molar-refractivity contribution in [3.8, 4) is 0 Å². The molecule has 4 heteroatoms. The van der Waals surface area contributed by atoms with E-state index in [0.717, 1.165) is 18.8 Å². The second kappa shape index (κ2) is 5.32. The van der Waals surface area contributed by atoms with Crippen LogP contribution in [-0.2, 0) is 6.54 Å². The van der Waals surface area contributed by atoms with E-state index in [4.69, 9.17) is 5.11 Å². The van der Waals surface area contributed by atoms with Gasteiger partial charge in [-0.1, -0.05) is 6.92 Å². The van der Waals surface area contributed by atoms with Crippen LogP contribution in [0.2, 0.25) is 0 Å². The minimum Gasteiger partial charge on any atom is -0.396 e. The summed E-state index contributed by atoms with van der Waals surface area (Å²) in [6.45, 7) is 4.07. The predicted octanol–water partition coefficient (Wildman–Crippen LogP) is 1.20. The molecule has 74 valence electrons. The van der Waals surface area contributed by atoms with Gasteiger partial charge in [0.2, 0.25) is 0 Å². The van der Waals surface area contributed by atoms with Crippen molar-refractivity contribution in [3.63, 3.8) is 0 Å². The Morgan fingerprint density at radius 1 is 1.69 bits per heavy atom. The molecular formula is C9H16N2OS. The Morgan fingerprint density at radius 3 is 3.00 bits per heavy atom. The molecule has 0 bridgehead atoms. The number of thiazole rings is 1. The van der Waals surface area contributed by atoms with Gasteiger partial charge in [-0.3, -0.25) is 0 Å². The molecule has 3 nitrogen and oxygen atoms in total. The molecule has 13 heavy (non-hydrogen) atoms. The average Bonchev–Trinajstić information content (AvgIpc) is 2.56. The number of aliphatic hydroxyl groups excluding tert-OH is 1. The van der Waals surface area contributed by atoms with Gasteiger partial charge in [0.1, 0.15) is 0 Å². The predicted molar refractivity (Wildman–Crippen MR) is 54.7 cm³/mol. The van der Waals surface area contributed by atoms with Gasteiger partial charge in [-0.15, -0.1) is 11.3 Å². The van der Waals surface area contributed by atoms with Crippen LogP contribution in [0.1, 0.15) is 12.6 Å². The van der Waals surface area contributed by atoms with Gasteiger partial charge in [0, 0.05) is 25.1 Å². The van der Waals surface area contributed by atoms with Crippen molar-refractivity contribution in [2.24, 2.45) is 5.92 Å². The van der Waals surface area contributed by atoms with Crippen molar-refractivity contribution in [2.75, 3.05) is 20.2 Å². The fraction of sp³-hybridized carbons (Fsp3) is 0.667. The zero-order valence-corrected chi connectivity index (χ0v) is 8.92. The van der Waals surface area contributed by atoms with Crippen LogP contribution in [0.25, 0.3) is 0 Å². The van der Waals surface area contributed by atoms with Crippen LogP contribution in [0.15, 0.2) is 10.9 Å². The second-order valence-electron chi connectivity index (χ2n) is 3.46. The van der Waals surface area contributed by atoms with Crippen molar-refractivity contribution >= 4 is 11.3 Å². The summed E-state index contributed by atoms with van der Waals surface area (Å²) >= 11 is 1.62. The van der Waals surface area contributed by atoms with E-state index < -0.39 is 0 Å². The third-order valence-electron chi connectivity index (χ3n) is 1.85. The van der Waals surface area contributed by atoms with Crippen LogP contribution in [0, 0.1) is 5.92 Å². The maximum atomic E-state index is 8.87. The lowest BCUT2D eigenvalue weighted by molar-refractivity contribution is 0.187. The van der Waals surface area contributed by atoms with Crippen molar-refractivity contribution in [1.82, 2.24) is 9.88 Å². The Bertz CT molecular complexity index is 226. The highest BCUT2D eigenvalue weighted by Crippen LogP contribution is 2.05. The minimum absolute atomic E-state index is 0.251. The molecule has 0 aliphatic carbocycles. The largest absolute Gasteiger partial charge is 0.396 e. The quantitative estimate of drug-likeness (QED) is 0.776. The van der Waals surface area contributed by atoms with Gasteiger partial charge in [-0.05, 0) is 13.0 Å². The normalized spacial score (nSPS) is 13.5. The lowest BCUT2D eigenvalue weighted by Crippen LogP contribution is -2.25. The highest BCUT2D eigenvalue weighted by atomic mass is 32.1. The van der Waals surface area contributed by atoms with E-state index in [9.17, 15) is 0 Å². The van der Waals surface area contributed by atoms with Crippen molar-refractivity contribution in [2.45, 2.75) is 13.5 Å². The molecule has 0 aliphatic rings. The van der Waals surface area contributed by atoms with Gasteiger partial charge >= 0.3 is 0 Å². The summed E-state index contributed by atoms with van der Waals surface area (Å²) in [5, 5.41) is 10.9. The van der Waals surface area contributed by atoms with E-state index in [-0.39, 0.29) is 6.61 Å². The molecule has 1 aromatic rings. The van der Waals surface area contributed by atoms with Crippen molar-refractivity contribution in [1.29, 1.82) is 0 Å². The summed E-state index contributed by atoms with van der Waals surface area (Å²) < 4.78 is 0. The maximum Gasteiger partial charge on any atom is 0.0795 e. The summed E-state index contributed by atoms with van der Waals surface area (Å²) in [5.74, 6) is 0.337. The number of aromatic nitrogens is 1. The van der Waals surface area contributed by atoms with E-state index in [0.29, 0.717) is 5.92 Å². The molecule has 0 fully saturated rings. The number of aliphatic hydroxyl groups is 1. The van der Waals surface area contributed by atoms with Gasteiger partial charge in [0.25, 0.3) is 0 Å². The van der Waals surface area contributed by atoms with Crippen LogP contribution >= 0.6 is 11.3 Å². The van der Waals surface area contributed by atoms with Crippen molar-refractivity contribution in [3.05, 3.63) is 16.6 Å². The highest BCUT2D eigenvalue weighted by molar-refractivity contribution is 7.07. The zero-order valence-electron chi connectivity index (χ0n) is 8.10. The standard InChI is InChI=1S/C9H16N2OS/c1-8(5-12)3-11(2)4-9-6-13-7-10-9/h6-8,12H,3-5H2,1-2H3. The van der Waals surface area contributed by atoms with Crippen LogP contribution in [-0.4, -0.2) is 35.2 Å². The second-order valence-corrected chi connectivity index (χ2v) is 4.18. The van der Waals surface area contributed by atoms with Crippen LogP contribution < -0.4 is 0 Å². The summed E-state index contributed by atoms with van der Waals surface area (Å²) in [6.07, 6.45) is 0. The fourth-order valence-electron chi connectivity index (χ4n) is 1.25. The fourth-order valence-corrected chi connectivity index (χ4v) is 1.80. The molecular weight excluding hydrogens is 184 g/mol. The summed E-state index contributed by atoms with van der Waals surface area (Å²) in [5.41, 5.74) is 2.95. The summed E-state index contributed by atoms with van der Waals surface area (Å²) in [7, 11) is 2.05. The molecule has 0 aromatic carbocycles. The van der Waals surface area contributed by atoms with E-state index >= 15 is 0 Å². The first-order valence-corrected chi connectivity index (χ1v) is 5.33. The lowest BCUT2D eigenvalue weighted by Gasteiger charge is -2.18. The van der Waals surface area contributed by atoms with Crippen LogP contribution in [0.3, 0.4) is 0 Å². The molecule has 1 rings (SSSR count). The summed E-state index contributed by atoms with van der Waals surface area (Å²) in [6, 6.07) is 0. The zero-order chi connectivity index (χ0) is 9.68. The molecule has 1 N–H and O–H groups in total. The van der Waals surface area contributed by atoms with Crippen molar-refractivity contribution < 1.29 is 5.11 Å². The first-order valence-electron chi connectivity index (χ1n) is 4.39. The number of hydrogen-bond donors (Lipinski definition) is 1. The van der Waals surface area contributed by atoms with E-state index in [1.54, 1.807) is 11.3 Å². The molecule has 1 heterocycles. The molecule has 0 saturated heterocycles. The number of rotatable bonds is 5. The Balaban J connectivity index is 2.29. The van der Waals surface area contributed by atoms with E-state index in [1.807, 2.05) is 19.5 Å². The smallest absolute Gasteiger partial charge is 0.0795 e. The van der Waals surface area contributed by atoms with Gasteiger partial charge in [-0.25, -0.2) is 4.98 Å². The molecule has 0 radical (unpaired) electrons.